The lowest BCUT2D eigenvalue weighted by atomic mass is 10.0. The van der Waals surface area contributed by atoms with Crippen LogP contribution in [0.15, 0.2) is 36.5 Å². The molecule has 6 heteroatoms. The zero-order valence-corrected chi connectivity index (χ0v) is 45.6. The molecule has 0 aromatic heterocycles. The minimum Gasteiger partial charge on any atom is -0.466 e. The molecule has 0 aliphatic carbocycles. The van der Waals surface area contributed by atoms with Gasteiger partial charge in [0.1, 0.15) is 0 Å². The Kier molecular flexibility index (Phi) is 56.0. The molecule has 3 N–H and O–H groups in total. The second-order valence-corrected chi connectivity index (χ2v) is 20.7. The Bertz CT molecular complexity index is 1100. The van der Waals surface area contributed by atoms with E-state index < -0.39 is 12.1 Å². The Morgan fingerprint density at radius 1 is 0.397 bits per heavy atom. The molecule has 0 aromatic rings. The molecular formula is C62H117NO5. The number of amides is 1. The molecule has 0 spiro atoms. The monoisotopic (exact) mass is 956 g/mol. The zero-order chi connectivity index (χ0) is 49.3. The lowest BCUT2D eigenvalue weighted by Gasteiger charge is -2.20. The van der Waals surface area contributed by atoms with E-state index in [9.17, 15) is 19.8 Å². The fourth-order valence-corrected chi connectivity index (χ4v) is 9.21. The maximum atomic E-state index is 12.4. The summed E-state index contributed by atoms with van der Waals surface area (Å²) in [5, 5.41) is 23.0. The van der Waals surface area contributed by atoms with Gasteiger partial charge in [-0.15, -0.1) is 0 Å². The topological polar surface area (TPSA) is 95.9 Å². The molecule has 1 amide bonds. The fourth-order valence-electron chi connectivity index (χ4n) is 9.21. The molecule has 0 saturated carbocycles. The van der Waals surface area contributed by atoms with Gasteiger partial charge in [-0.1, -0.05) is 262 Å². The summed E-state index contributed by atoms with van der Waals surface area (Å²) in [6, 6.07) is -0.629. The molecule has 0 rings (SSSR count). The molecule has 6 nitrogen and oxygen atoms in total. The number of allylic oxidation sites excluding steroid dienone is 5. The first-order chi connectivity index (χ1) is 33.5. The Morgan fingerprint density at radius 3 is 1.04 bits per heavy atom. The van der Waals surface area contributed by atoms with Crippen LogP contribution in [0.5, 0.6) is 0 Å². The molecule has 0 radical (unpaired) electrons. The molecule has 0 aromatic carbocycles. The molecule has 68 heavy (non-hydrogen) atoms. The van der Waals surface area contributed by atoms with Gasteiger partial charge < -0.3 is 20.3 Å². The van der Waals surface area contributed by atoms with Crippen LogP contribution in [-0.4, -0.2) is 47.4 Å². The predicted molar refractivity (Wildman–Crippen MR) is 296 cm³/mol. The van der Waals surface area contributed by atoms with E-state index in [1.807, 2.05) is 6.08 Å². The molecule has 0 saturated heterocycles. The summed E-state index contributed by atoms with van der Waals surface area (Å²) in [5.41, 5.74) is 0. The van der Waals surface area contributed by atoms with Crippen molar-refractivity contribution in [1.29, 1.82) is 0 Å². The number of nitrogens with one attached hydrogen (secondary N) is 1. The van der Waals surface area contributed by atoms with Crippen molar-refractivity contribution in [3.05, 3.63) is 36.5 Å². The minimum atomic E-state index is -0.845. The highest BCUT2D eigenvalue weighted by Crippen LogP contribution is 2.16. The van der Waals surface area contributed by atoms with Crippen LogP contribution < -0.4 is 5.32 Å². The quantitative estimate of drug-likeness (QED) is 0.0321. The van der Waals surface area contributed by atoms with Gasteiger partial charge in [-0.25, -0.2) is 0 Å². The highest BCUT2D eigenvalue weighted by atomic mass is 16.5. The number of esters is 1. The van der Waals surface area contributed by atoms with Crippen LogP contribution in [0.2, 0.25) is 0 Å². The Labute approximate surface area is 424 Å². The number of hydrogen-bond acceptors (Lipinski definition) is 5. The van der Waals surface area contributed by atoms with E-state index in [-0.39, 0.29) is 18.5 Å². The lowest BCUT2D eigenvalue weighted by Crippen LogP contribution is -2.45. The van der Waals surface area contributed by atoms with Gasteiger partial charge in [0.05, 0.1) is 25.4 Å². The largest absolute Gasteiger partial charge is 0.466 e. The Balaban J connectivity index is 3.40. The van der Waals surface area contributed by atoms with E-state index in [4.69, 9.17) is 4.74 Å². The molecule has 0 heterocycles. The smallest absolute Gasteiger partial charge is 0.305 e. The second kappa shape index (κ2) is 57.7. The standard InChI is InChI=1S/C62H117NO5/c1-3-5-7-9-11-13-15-16-28-32-36-40-44-48-52-56-62(67)68-57-53-49-45-41-37-33-30-27-25-23-21-19-17-18-20-22-24-26-29-31-35-39-43-47-51-55-61(66)63-59(58-64)60(65)54-50-46-42-38-34-14-12-10-8-6-4-2/h16,18,20,28,50,54,59-60,64-65H,3-15,17,19,21-27,29-49,51-53,55-58H2,1-2H3,(H,63,66)/b20-18-,28-16-,54-50+. The van der Waals surface area contributed by atoms with Crippen molar-refractivity contribution in [3.8, 4) is 0 Å². The first-order valence-corrected chi connectivity index (χ1v) is 30.3. The Hall–Kier alpha value is -1.92. The summed E-state index contributed by atoms with van der Waals surface area (Å²) in [4.78, 5) is 24.5. The maximum Gasteiger partial charge on any atom is 0.305 e. The van der Waals surface area contributed by atoms with Gasteiger partial charge in [0, 0.05) is 12.8 Å². The molecule has 0 bridgehead atoms. The van der Waals surface area contributed by atoms with Crippen molar-refractivity contribution in [2.24, 2.45) is 0 Å². The average molecular weight is 957 g/mol. The third kappa shape index (κ3) is 53.4. The van der Waals surface area contributed by atoms with Gasteiger partial charge in [0.15, 0.2) is 0 Å². The van der Waals surface area contributed by atoms with E-state index in [2.05, 4.69) is 43.5 Å². The van der Waals surface area contributed by atoms with Crippen molar-refractivity contribution in [2.75, 3.05) is 13.2 Å². The molecule has 0 aliphatic heterocycles. The summed E-state index contributed by atoms with van der Waals surface area (Å²) < 4.78 is 5.48. The van der Waals surface area contributed by atoms with Gasteiger partial charge in [-0.2, -0.15) is 0 Å². The van der Waals surface area contributed by atoms with E-state index in [1.54, 1.807) is 6.08 Å². The van der Waals surface area contributed by atoms with Gasteiger partial charge in [-0.3, -0.25) is 9.59 Å². The second-order valence-electron chi connectivity index (χ2n) is 20.7. The number of carbonyl (C=O) groups is 2. The number of hydrogen-bond donors (Lipinski definition) is 3. The number of aliphatic hydroxyl groups is 2. The van der Waals surface area contributed by atoms with Crippen LogP contribution in [0.3, 0.4) is 0 Å². The van der Waals surface area contributed by atoms with Crippen LogP contribution in [0, 0.1) is 0 Å². The van der Waals surface area contributed by atoms with E-state index in [1.165, 1.54) is 250 Å². The van der Waals surface area contributed by atoms with E-state index in [0.717, 1.165) is 44.9 Å². The molecular weight excluding hydrogens is 839 g/mol. The first-order valence-electron chi connectivity index (χ1n) is 30.3. The third-order valence-corrected chi connectivity index (χ3v) is 13.9. The van der Waals surface area contributed by atoms with Crippen molar-refractivity contribution < 1.29 is 24.5 Å². The lowest BCUT2D eigenvalue weighted by molar-refractivity contribution is -0.143. The summed E-state index contributed by atoms with van der Waals surface area (Å²) in [6.45, 7) is 4.89. The zero-order valence-electron chi connectivity index (χ0n) is 45.6. The summed E-state index contributed by atoms with van der Waals surface area (Å²) >= 11 is 0. The van der Waals surface area contributed by atoms with Crippen molar-refractivity contribution in [3.63, 3.8) is 0 Å². The molecule has 2 unspecified atom stereocenters. The molecule has 400 valence electrons. The highest BCUT2D eigenvalue weighted by Gasteiger charge is 2.18. The summed E-state index contributed by atoms with van der Waals surface area (Å²) in [7, 11) is 0. The Morgan fingerprint density at radius 2 is 0.691 bits per heavy atom. The third-order valence-electron chi connectivity index (χ3n) is 13.9. The number of unbranched alkanes of at least 4 members (excludes halogenated alkanes) is 41. The number of carbonyl (C=O) groups excluding carboxylic acids is 2. The first kappa shape index (κ1) is 66.1. The number of aliphatic hydroxyl groups excluding tert-OH is 2. The van der Waals surface area contributed by atoms with Crippen molar-refractivity contribution >= 4 is 11.9 Å². The van der Waals surface area contributed by atoms with Gasteiger partial charge in [0.2, 0.25) is 5.91 Å². The van der Waals surface area contributed by atoms with Crippen molar-refractivity contribution in [1.82, 2.24) is 5.32 Å². The van der Waals surface area contributed by atoms with Crippen LogP contribution >= 0.6 is 0 Å². The van der Waals surface area contributed by atoms with Crippen molar-refractivity contribution in [2.45, 2.75) is 334 Å². The minimum absolute atomic E-state index is 0.00485. The SMILES string of the molecule is CCCCCCCC/C=C\CCCCCCCC(=O)OCCCCCCCCCCCCCC/C=C\CCCCCCCCCCCC(=O)NC(CO)C(O)/C=C/CCCCCCCCCCC. The molecule has 2 atom stereocenters. The van der Waals surface area contributed by atoms with Gasteiger partial charge in [-0.05, 0) is 83.5 Å². The molecule has 0 aliphatic rings. The molecule has 0 fully saturated rings. The normalized spacial score (nSPS) is 12.8. The number of ether oxygens (including phenoxy) is 1. The van der Waals surface area contributed by atoms with Gasteiger partial charge in [0.25, 0.3) is 0 Å². The van der Waals surface area contributed by atoms with Crippen LogP contribution in [0.25, 0.3) is 0 Å². The van der Waals surface area contributed by atoms with E-state index >= 15 is 0 Å². The van der Waals surface area contributed by atoms with Crippen LogP contribution in [-0.2, 0) is 14.3 Å². The fraction of sp³-hybridized carbons (Fsp3) is 0.871. The van der Waals surface area contributed by atoms with E-state index in [0.29, 0.717) is 19.4 Å². The summed E-state index contributed by atoms with van der Waals surface area (Å²) in [5.74, 6) is -0.0673. The van der Waals surface area contributed by atoms with Gasteiger partial charge >= 0.3 is 5.97 Å². The maximum absolute atomic E-state index is 12.4. The highest BCUT2D eigenvalue weighted by molar-refractivity contribution is 5.76. The predicted octanol–water partition coefficient (Wildman–Crippen LogP) is 18.8. The number of rotatable bonds is 56. The summed E-state index contributed by atoms with van der Waals surface area (Å²) in [6.07, 6.45) is 71.9. The van der Waals surface area contributed by atoms with Crippen LogP contribution in [0.1, 0.15) is 322 Å². The van der Waals surface area contributed by atoms with Crippen LogP contribution in [0.4, 0.5) is 0 Å². The average Bonchev–Trinajstić information content (AvgIpc) is 3.34.